The van der Waals surface area contributed by atoms with Crippen molar-refractivity contribution in [1.82, 2.24) is 9.97 Å². The average Bonchev–Trinajstić information content (AvgIpc) is 2.17. The van der Waals surface area contributed by atoms with Crippen LogP contribution >= 0.6 is 0 Å². The summed E-state index contributed by atoms with van der Waals surface area (Å²) >= 11 is 0. The van der Waals surface area contributed by atoms with Crippen molar-refractivity contribution in [2.24, 2.45) is 11.7 Å². The molecule has 1 heterocycles. The Balaban J connectivity index is 2.97. The van der Waals surface area contributed by atoms with Crippen LogP contribution in [0.2, 0.25) is 0 Å². The molecular formula is C10H17N3O. The van der Waals surface area contributed by atoms with Gasteiger partial charge in [-0.2, -0.15) is 0 Å². The molecule has 1 atom stereocenters. The van der Waals surface area contributed by atoms with E-state index in [1.165, 1.54) is 0 Å². The largest absolute Gasteiger partial charge is 0.467 e. The predicted octanol–water partition coefficient (Wildman–Crippen LogP) is 1.32. The Morgan fingerprint density at radius 2 is 1.86 bits per heavy atom. The molecule has 2 N–H and O–H groups in total. The van der Waals surface area contributed by atoms with E-state index in [1.54, 1.807) is 19.5 Å². The lowest BCUT2D eigenvalue weighted by molar-refractivity contribution is 0.342. The number of hydrogen-bond donors (Lipinski definition) is 1. The van der Waals surface area contributed by atoms with E-state index in [9.17, 15) is 0 Å². The van der Waals surface area contributed by atoms with Crippen LogP contribution in [0.15, 0.2) is 12.4 Å². The zero-order valence-corrected chi connectivity index (χ0v) is 9.11. The third-order valence-corrected chi connectivity index (χ3v) is 2.63. The Hall–Kier alpha value is -1.16. The maximum atomic E-state index is 6.15. The Kier molecular flexibility index (Phi) is 3.06. The van der Waals surface area contributed by atoms with E-state index in [0.29, 0.717) is 11.9 Å². The molecule has 1 unspecified atom stereocenters. The molecule has 0 radical (unpaired) electrons. The molecular weight excluding hydrogens is 178 g/mol. The fraction of sp³-hybridized carbons (Fsp3) is 0.600. The van der Waals surface area contributed by atoms with Gasteiger partial charge in [0, 0.05) is 23.5 Å². The van der Waals surface area contributed by atoms with Crippen molar-refractivity contribution in [3.05, 3.63) is 18.0 Å². The molecule has 1 aromatic heterocycles. The van der Waals surface area contributed by atoms with E-state index in [2.05, 4.69) is 23.8 Å². The summed E-state index contributed by atoms with van der Waals surface area (Å²) in [5.41, 5.74) is 6.68. The molecule has 0 aromatic carbocycles. The Labute approximate surface area is 84.5 Å². The van der Waals surface area contributed by atoms with Gasteiger partial charge in [-0.1, -0.05) is 13.8 Å². The summed E-state index contributed by atoms with van der Waals surface area (Å²) in [4.78, 5) is 8.07. The highest BCUT2D eigenvalue weighted by molar-refractivity contribution is 5.18. The molecule has 0 aliphatic heterocycles. The molecule has 4 heteroatoms. The number of ether oxygens (including phenoxy) is 1. The molecule has 1 rings (SSSR count). The molecule has 0 fully saturated rings. The number of hydrogen-bond acceptors (Lipinski definition) is 4. The first-order chi connectivity index (χ1) is 6.48. The van der Waals surface area contributed by atoms with Crippen LogP contribution in [0, 0.1) is 5.92 Å². The van der Waals surface area contributed by atoms with Gasteiger partial charge in [0.1, 0.15) is 0 Å². The highest BCUT2D eigenvalue weighted by Crippen LogP contribution is 2.25. The van der Waals surface area contributed by atoms with Crippen molar-refractivity contribution < 1.29 is 4.74 Å². The minimum absolute atomic E-state index is 0.333. The van der Waals surface area contributed by atoms with Crippen LogP contribution in [0.5, 0.6) is 6.01 Å². The molecule has 0 aliphatic rings. The lowest BCUT2D eigenvalue weighted by atomic mass is 9.84. The van der Waals surface area contributed by atoms with Crippen LogP contribution in [0.3, 0.4) is 0 Å². The summed E-state index contributed by atoms with van der Waals surface area (Å²) in [6.45, 7) is 6.12. The fourth-order valence-electron chi connectivity index (χ4n) is 1.03. The van der Waals surface area contributed by atoms with Crippen LogP contribution in [-0.4, -0.2) is 17.1 Å². The maximum absolute atomic E-state index is 6.15. The molecule has 4 nitrogen and oxygen atoms in total. The van der Waals surface area contributed by atoms with Gasteiger partial charge in [0.25, 0.3) is 0 Å². The monoisotopic (exact) mass is 195 g/mol. The summed E-state index contributed by atoms with van der Waals surface area (Å²) in [5.74, 6) is 0.333. The number of nitrogens with zero attached hydrogens (tertiary/aromatic N) is 2. The smallest absolute Gasteiger partial charge is 0.316 e. The second-order valence-corrected chi connectivity index (χ2v) is 3.90. The van der Waals surface area contributed by atoms with Crippen LogP contribution in [0.4, 0.5) is 0 Å². The molecule has 0 saturated heterocycles. The second kappa shape index (κ2) is 3.92. The van der Waals surface area contributed by atoms with E-state index in [-0.39, 0.29) is 0 Å². The summed E-state index contributed by atoms with van der Waals surface area (Å²) in [6.07, 6.45) is 3.43. The number of nitrogens with two attached hydrogens (primary N) is 1. The minimum Gasteiger partial charge on any atom is -0.467 e. The van der Waals surface area contributed by atoms with Gasteiger partial charge in [-0.25, -0.2) is 9.97 Å². The summed E-state index contributed by atoms with van der Waals surface area (Å²) in [6, 6.07) is 0.369. The van der Waals surface area contributed by atoms with Gasteiger partial charge < -0.3 is 10.5 Å². The van der Waals surface area contributed by atoms with Crippen molar-refractivity contribution in [2.45, 2.75) is 26.3 Å². The zero-order chi connectivity index (χ0) is 10.8. The van der Waals surface area contributed by atoms with Crippen molar-refractivity contribution >= 4 is 0 Å². The van der Waals surface area contributed by atoms with E-state index in [0.717, 1.165) is 5.56 Å². The highest BCUT2D eigenvalue weighted by Gasteiger charge is 2.26. The van der Waals surface area contributed by atoms with Gasteiger partial charge in [0.15, 0.2) is 0 Å². The molecule has 78 valence electrons. The van der Waals surface area contributed by atoms with E-state index in [1.807, 2.05) is 6.92 Å². The van der Waals surface area contributed by atoms with E-state index < -0.39 is 5.54 Å². The summed E-state index contributed by atoms with van der Waals surface area (Å²) in [7, 11) is 1.54. The third-order valence-electron chi connectivity index (χ3n) is 2.63. The lowest BCUT2D eigenvalue weighted by Gasteiger charge is -2.28. The van der Waals surface area contributed by atoms with Gasteiger partial charge in [0.05, 0.1) is 7.11 Å². The number of rotatable bonds is 3. The van der Waals surface area contributed by atoms with E-state index >= 15 is 0 Å². The maximum Gasteiger partial charge on any atom is 0.316 e. The SMILES string of the molecule is COc1ncc(C(C)(N)C(C)C)cn1. The first kappa shape index (κ1) is 10.9. The van der Waals surface area contributed by atoms with Crippen molar-refractivity contribution in [1.29, 1.82) is 0 Å². The van der Waals surface area contributed by atoms with Crippen molar-refractivity contribution in [2.75, 3.05) is 7.11 Å². The fourth-order valence-corrected chi connectivity index (χ4v) is 1.03. The molecule has 0 saturated carbocycles. The van der Waals surface area contributed by atoms with Gasteiger partial charge in [-0.3, -0.25) is 0 Å². The summed E-state index contributed by atoms with van der Waals surface area (Å²) < 4.78 is 4.88. The quantitative estimate of drug-likeness (QED) is 0.790. The van der Waals surface area contributed by atoms with Gasteiger partial charge in [0.2, 0.25) is 0 Å². The summed E-state index contributed by atoms with van der Waals surface area (Å²) in [5, 5.41) is 0. The van der Waals surface area contributed by atoms with Gasteiger partial charge >= 0.3 is 6.01 Å². The molecule has 0 bridgehead atoms. The van der Waals surface area contributed by atoms with Crippen LogP contribution in [0.25, 0.3) is 0 Å². The molecule has 1 aromatic rings. The molecule has 0 amide bonds. The van der Waals surface area contributed by atoms with Gasteiger partial charge in [-0.15, -0.1) is 0 Å². The Morgan fingerprint density at radius 1 is 1.36 bits per heavy atom. The minimum atomic E-state index is -0.397. The lowest BCUT2D eigenvalue weighted by Crippen LogP contribution is -2.38. The average molecular weight is 195 g/mol. The third kappa shape index (κ3) is 2.01. The van der Waals surface area contributed by atoms with Crippen LogP contribution < -0.4 is 10.5 Å². The van der Waals surface area contributed by atoms with Crippen LogP contribution in [-0.2, 0) is 5.54 Å². The van der Waals surface area contributed by atoms with Crippen molar-refractivity contribution in [3.63, 3.8) is 0 Å². The standard InChI is InChI=1S/C10H17N3O/c1-7(2)10(3,11)8-5-12-9(14-4)13-6-8/h5-7H,11H2,1-4H3. The number of aromatic nitrogens is 2. The molecule has 0 spiro atoms. The van der Waals surface area contributed by atoms with E-state index in [4.69, 9.17) is 10.5 Å². The van der Waals surface area contributed by atoms with Crippen LogP contribution in [0.1, 0.15) is 26.3 Å². The number of methoxy groups -OCH3 is 1. The zero-order valence-electron chi connectivity index (χ0n) is 9.11. The Morgan fingerprint density at radius 3 is 2.21 bits per heavy atom. The predicted molar refractivity (Wildman–Crippen MR) is 55.0 cm³/mol. The topological polar surface area (TPSA) is 61.0 Å². The first-order valence-electron chi connectivity index (χ1n) is 4.64. The van der Waals surface area contributed by atoms with Gasteiger partial charge in [-0.05, 0) is 12.8 Å². The molecule has 0 aliphatic carbocycles. The molecule has 14 heavy (non-hydrogen) atoms. The normalized spacial score (nSPS) is 15.3. The van der Waals surface area contributed by atoms with Crippen molar-refractivity contribution in [3.8, 4) is 6.01 Å². The second-order valence-electron chi connectivity index (χ2n) is 3.90. The Bertz CT molecular complexity index is 293. The highest BCUT2D eigenvalue weighted by atomic mass is 16.5. The first-order valence-corrected chi connectivity index (χ1v) is 4.64.